The van der Waals surface area contributed by atoms with Crippen molar-refractivity contribution in [3.8, 4) is 0 Å². The predicted molar refractivity (Wildman–Crippen MR) is 78.2 cm³/mol. The van der Waals surface area contributed by atoms with Crippen molar-refractivity contribution in [2.75, 3.05) is 6.54 Å². The minimum atomic E-state index is 0.652. The molecular weight excluding hydrogens is 285 g/mol. The van der Waals surface area contributed by atoms with Gasteiger partial charge in [0.25, 0.3) is 0 Å². The van der Waals surface area contributed by atoms with Crippen LogP contribution in [0.3, 0.4) is 0 Å². The second kappa shape index (κ2) is 5.50. The van der Waals surface area contributed by atoms with Crippen molar-refractivity contribution < 1.29 is 0 Å². The molecule has 2 atom stereocenters. The van der Waals surface area contributed by atoms with Crippen molar-refractivity contribution in [1.29, 1.82) is 0 Å². The summed E-state index contributed by atoms with van der Waals surface area (Å²) in [6.45, 7) is 5.27. The Kier molecular flexibility index (Phi) is 3.77. The first-order chi connectivity index (χ1) is 8.84. The molecule has 0 aromatic heterocycles. The van der Waals surface area contributed by atoms with E-state index in [4.69, 9.17) is 0 Å². The van der Waals surface area contributed by atoms with Crippen LogP contribution in [-0.2, 0) is 0 Å². The molecule has 0 N–H and O–H groups in total. The maximum absolute atomic E-state index is 4.11. The van der Waals surface area contributed by atoms with E-state index in [1.54, 1.807) is 4.46 Å². The Labute approximate surface area is 116 Å². The fraction of sp³-hybridized carbons (Fsp3) is 0.500. The third kappa shape index (κ3) is 2.81. The summed E-state index contributed by atoms with van der Waals surface area (Å²) in [5.74, 6) is 0.915. The summed E-state index contributed by atoms with van der Waals surface area (Å²) in [5.41, 5.74) is 1.37. The van der Waals surface area contributed by atoms with Gasteiger partial charge in [-0.1, -0.05) is 0 Å². The fourth-order valence-corrected chi connectivity index (χ4v) is 5.43. The van der Waals surface area contributed by atoms with E-state index in [0.29, 0.717) is 15.0 Å². The first-order valence-corrected chi connectivity index (χ1v) is 9.03. The van der Waals surface area contributed by atoms with Gasteiger partial charge in [0.05, 0.1) is 0 Å². The Morgan fingerprint density at radius 3 is 2.61 bits per heavy atom. The zero-order chi connectivity index (χ0) is 12.4. The van der Waals surface area contributed by atoms with Crippen molar-refractivity contribution in [2.45, 2.75) is 37.0 Å². The molecule has 1 aliphatic heterocycles. The molecule has 1 aromatic rings. The molecule has 2 heteroatoms. The van der Waals surface area contributed by atoms with Crippen LogP contribution in [0.15, 0.2) is 42.6 Å². The van der Waals surface area contributed by atoms with E-state index in [0.717, 1.165) is 12.0 Å². The Morgan fingerprint density at radius 1 is 1.17 bits per heavy atom. The van der Waals surface area contributed by atoms with Gasteiger partial charge in [-0.05, 0) is 0 Å². The van der Waals surface area contributed by atoms with Gasteiger partial charge in [0, 0.05) is 0 Å². The first-order valence-electron chi connectivity index (χ1n) is 6.97. The third-order valence-corrected chi connectivity index (χ3v) is 6.65. The predicted octanol–water partition coefficient (Wildman–Crippen LogP) is 2.82. The van der Waals surface area contributed by atoms with E-state index >= 15 is 0 Å². The number of nitrogens with zero attached hydrogens (tertiary/aromatic N) is 1. The second-order valence-corrected chi connectivity index (χ2v) is 7.72. The maximum atomic E-state index is 4.11. The molecule has 2 aliphatic rings. The molecule has 0 spiro atoms. The summed E-state index contributed by atoms with van der Waals surface area (Å²) in [4.78, 5) is 2.55. The summed E-state index contributed by atoms with van der Waals surface area (Å²) in [6.07, 6.45) is 5.69. The first kappa shape index (κ1) is 12.3. The molecule has 18 heavy (non-hydrogen) atoms. The van der Waals surface area contributed by atoms with Crippen LogP contribution < -0.4 is 4.46 Å². The average molecular weight is 306 g/mol. The van der Waals surface area contributed by atoms with Crippen molar-refractivity contribution in [1.82, 2.24) is 4.90 Å². The number of rotatable bonds is 4. The molecule has 96 valence electrons. The molecular formula is C16H21NSe. The monoisotopic (exact) mass is 307 g/mol. The van der Waals surface area contributed by atoms with E-state index in [9.17, 15) is 0 Å². The zero-order valence-electron chi connectivity index (χ0n) is 10.8. The van der Waals surface area contributed by atoms with Gasteiger partial charge < -0.3 is 0 Å². The summed E-state index contributed by atoms with van der Waals surface area (Å²) in [7, 11) is 0. The van der Waals surface area contributed by atoms with Crippen LogP contribution >= 0.6 is 0 Å². The van der Waals surface area contributed by atoms with Crippen molar-refractivity contribution in [3.63, 3.8) is 0 Å². The Bertz CT molecular complexity index is 414. The molecule has 1 aliphatic carbocycles. The molecule has 0 radical (unpaired) electrons. The molecule has 2 fully saturated rings. The molecule has 0 bridgehead atoms. The molecule has 1 heterocycles. The summed E-state index contributed by atoms with van der Waals surface area (Å²) >= 11 is 0.652. The topological polar surface area (TPSA) is 3.01 Å². The van der Waals surface area contributed by atoms with Crippen LogP contribution in [0.4, 0.5) is 0 Å². The molecule has 1 aromatic carbocycles. The second-order valence-electron chi connectivity index (χ2n) is 5.43. The van der Waals surface area contributed by atoms with Crippen molar-refractivity contribution in [2.24, 2.45) is 5.92 Å². The van der Waals surface area contributed by atoms with Gasteiger partial charge >= 0.3 is 116 Å². The third-order valence-electron chi connectivity index (χ3n) is 4.13. The van der Waals surface area contributed by atoms with Crippen molar-refractivity contribution >= 4 is 19.4 Å². The van der Waals surface area contributed by atoms with E-state index in [1.165, 1.54) is 43.2 Å². The van der Waals surface area contributed by atoms with E-state index in [1.807, 2.05) is 0 Å². The standard InChI is InChI=1S/C16H21NSe/c1-13-11-17(13)16-10-6-5-7-14(16)12-18-15-8-3-2-4-9-15/h2-4,8-9,14,16H,1,5-7,10-12H2/t14-,16-,17?/m0/s1. The quantitative estimate of drug-likeness (QED) is 0.611. The molecule has 1 saturated heterocycles. The Hall–Kier alpha value is -0.721. The van der Waals surface area contributed by atoms with Gasteiger partial charge in [-0.2, -0.15) is 0 Å². The summed E-state index contributed by atoms with van der Waals surface area (Å²) in [6, 6.07) is 11.8. The fourth-order valence-electron chi connectivity index (χ4n) is 3.03. The van der Waals surface area contributed by atoms with Gasteiger partial charge in [-0.25, -0.2) is 0 Å². The van der Waals surface area contributed by atoms with Crippen LogP contribution in [0.2, 0.25) is 5.32 Å². The molecule has 3 rings (SSSR count). The van der Waals surface area contributed by atoms with Gasteiger partial charge in [-0.3, -0.25) is 0 Å². The Morgan fingerprint density at radius 2 is 1.89 bits per heavy atom. The normalized spacial score (nSPS) is 27.3. The average Bonchev–Trinajstić information content (AvgIpc) is 3.15. The van der Waals surface area contributed by atoms with Crippen LogP contribution in [0.5, 0.6) is 0 Å². The van der Waals surface area contributed by atoms with Gasteiger partial charge in [0.1, 0.15) is 0 Å². The number of hydrogen-bond acceptors (Lipinski definition) is 1. The molecule has 1 nitrogen and oxygen atoms in total. The van der Waals surface area contributed by atoms with Crippen LogP contribution in [0, 0.1) is 5.92 Å². The van der Waals surface area contributed by atoms with Crippen LogP contribution in [-0.4, -0.2) is 32.4 Å². The van der Waals surface area contributed by atoms with Crippen LogP contribution in [0.25, 0.3) is 0 Å². The summed E-state index contributed by atoms with van der Waals surface area (Å²) < 4.78 is 1.55. The van der Waals surface area contributed by atoms with Gasteiger partial charge in [-0.15, -0.1) is 0 Å². The van der Waals surface area contributed by atoms with Gasteiger partial charge in [0.15, 0.2) is 0 Å². The molecule has 0 unspecified atom stereocenters. The number of hydrogen-bond donors (Lipinski definition) is 0. The molecule has 1 saturated carbocycles. The minimum absolute atomic E-state index is 0.652. The van der Waals surface area contributed by atoms with E-state index < -0.39 is 0 Å². The Balaban J connectivity index is 1.58. The van der Waals surface area contributed by atoms with E-state index in [2.05, 4.69) is 41.8 Å². The SMILES string of the molecule is C=C1CN1[C@H]1CCCC[C@H]1C[Se]c1ccccc1. The van der Waals surface area contributed by atoms with Gasteiger partial charge in [0.2, 0.25) is 0 Å². The van der Waals surface area contributed by atoms with E-state index in [-0.39, 0.29) is 0 Å². The summed E-state index contributed by atoms with van der Waals surface area (Å²) in [5, 5.41) is 1.41. The van der Waals surface area contributed by atoms with Crippen molar-refractivity contribution in [3.05, 3.63) is 42.6 Å². The zero-order valence-corrected chi connectivity index (χ0v) is 12.6. The number of benzene rings is 1. The van der Waals surface area contributed by atoms with Crippen LogP contribution in [0.1, 0.15) is 25.7 Å². The molecule has 0 amide bonds.